The highest BCUT2D eigenvalue weighted by Crippen LogP contribution is 2.33. The van der Waals surface area contributed by atoms with Gasteiger partial charge in [0, 0.05) is 6.92 Å². The number of rotatable bonds is 8. The van der Waals surface area contributed by atoms with Gasteiger partial charge < -0.3 is 9.47 Å². The lowest BCUT2D eigenvalue weighted by Crippen LogP contribution is -2.23. The van der Waals surface area contributed by atoms with Gasteiger partial charge in [0.1, 0.15) is 11.5 Å². The van der Waals surface area contributed by atoms with Crippen molar-refractivity contribution in [1.82, 2.24) is 14.6 Å². The molecule has 0 aliphatic heterocycles. The third-order valence-electron chi connectivity index (χ3n) is 5.72. The van der Waals surface area contributed by atoms with E-state index in [9.17, 15) is 9.59 Å². The van der Waals surface area contributed by atoms with Gasteiger partial charge in [-0.2, -0.15) is 9.50 Å². The lowest BCUT2D eigenvalue weighted by Gasteiger charge is -2.08. The fourth-order valence-corrected chi connectivity index (χ4v) is 4.84. The van der Waals surface area contributed by atoms with Crippen LogP contribution in [0.25, 0.3) is 33.2 Å². The van der Waals surface area contributed by atoms with Crippen molar-refractivity contribution in [2.24, 2.45) is 0 Å². The van der Waals surface area contributed by atoms with Gasteiger partial charge in [0.15, 0.2) is 5.82 Å². The number of esters is 1. The predicted octanol–water partition coefficient (Wildman–Crippen LogP) is 5.01. The topological polar surface area (TPSA) is 82.8 Å². The summed E-state index contributed by atoms with van der Waals surface area (Å²) in [6, 6.07) is 19.1. The van der Waals surface area contributed by atoms with E-state index in [1.807, 2.05) is 60.7 Å². The number of fused-ring (bicyclic) bond motifs is 2. The van der Waals surface area contributed by atoms with Crippen molar-refractivity contribution in [1.29, 1.82) is 0 Å². The van der Waals surface area contributed by atoms with E-state index in [0.29, 0.717) is 33.2 Å². The van der Waals surface area contributed by atoms with E-state index < -0.39 is 5.97 Å². The third kappa shape index (κ3) is 4.99. The van der Waals surface area contributed by atoms with Crippen LogP contribution in [0.4, 0.5) is 0 Å². The van der Waals surface area contributed by atoms with Crippen LogP contribution in [0, 0.1) is 0 Å². The SMILES string of the molecule is CCCCCOc1ccc(/C=c2\sc3nc(-c4cc5ccccc5cc4OC(C)=O)nn3c2=O)cc1. The molecule has 5 rings (SSSR count). The van der Waals surface area contributed by atoms with Gasteiger partial charge in [0.2, 0.25) is 4.96 Å². The predicted molar refractivity (Wildman–Crippen MR) is 142 cm³/mol. The molecule has 36 heavy (non-hydrogen) atoms. The van der Waals surface area contributed by atoms with Crippen LogP contribution in [0.5, 0.6) is 11.5 Å². The van der Waals surface area contributed by atoms with Gasteiger partial charge in [-0.25, -0.2) is 0 Å². The van der Waals surface area contributed by atoms with E-state index in [0.717, 1.165) is 41.3 Å². The van der Waals surface area contributed by atoms with Crippen molar-refractivity contribution >= 4 is 39.1 Å². The van der Waals surface area contributed by atoms with Gasteiger partial charge in [-0.3, -0.25) is 9.59 Å². The Morgan fingerprint density at radius 2 is 1.81 bits per heavy atom. The molecule has 0 radical (unpaired) electrons. The Bertz CT molecular complexity index is 1650. The molecule has 3 aromatic carbocycles. The molecule has 2 aromatic heterocycles. The summed E-state index contributed by atoms with van der Waals surface area (Å²) < 4.78 is 13.0. The number of hydrogen-bond acceptors (Lipinski definition) is 7. The summed E-state index contributed by atoms with van der Waals surface area (Å²) in [4.78, 5) is 29.8. The second-order valence-corrected chi connectivity index (χ2v) is 9.47. The monoisotopic (exact) mass is 499 g/mol. The van der Waals surface area contributed by atoms with Crippen molar-refractivity contribution in [3.63, 3.8) is 0 Å². The Kier molecular flexibility index (Phi) is 6.77. The Morgan fingerprint density at radius 1 is 1.06 bits per heavy atom. The lowest BCUT2D eigenvalue weighted by atomic mass is 10.1. The van der Waals surface area contributed by atoms with Gasteiger partial charge >= 0.3 is 5.97 Å². The molecule has 8 heteroatoms. The van der Waals surface area contributed by atoms with Crippen molar-refractivity contribution in [3.8, 4) is 22.9 Å². The highest BCUT2D eigenvalue weighted by atomic mass is 32.1. The quantitative estimate of drug-likeness (QED) is 0.170. The molecule has 7 nitrogen and oxygen atoms in total. The molecule has 0 amide bonds. The van der Waals surface area contributed by atoms with Crippen LogP contribution in [-0.2, 0) is 4.79 Å². The highest BCUT2D eigenvalue weighted by molar-refractivity contribution is 7.15. The molecular weight excluding hydrogens is 474 g/mol. The summed E-state index contributed by atoms with van der Waals surface area (Å²) in [7, 11) is 0. The van der Waals surface area contributed by atoms with Crippen LogP contribution in [0.2, 0.25) is 0 Å². The minimum Gasteiger partial charge on any atom is -0.494 e. The summed E-state index contributed by atoms with van der Waals surface area (Å²) in [6.45, 7) is 4.21. The molecule has 0 atom stereocenters. The molecule has 0 N–H and O–H groups in total. The third-order valence-corrected chi connectivity index (χ3v) is 6.68. The number of aromatic nitrogens is 3. The average Bonchev–Trinajstić information content (AvgIpc) is 3.41. The zero-order valence-corrected chi connectivity index (χ0v) is 20.9. The van der Waals surface area contributed by atoms with Gasteiger partial charge in [-0.1, -0.05) is 67.5 Å². The average molecular weight is 500 g/mol. The Labute approximate surface area is 211 Å². The summed E-state index contributed by atoms with van der Waals surface area (Å²) in [5.41, 5.74) is 1.20. The van der Waals surface area contributed by atoms with E-state index in [1.54, 1.807) is 6.07 Å². The first-order valence-corrected chi connectivity index (χ1v) is 12.7. The van der Waals surface area contributed by atoms with E-state index in [4.69, 9.17) is 9.47 Å². The summed E-state index contributed by atoms with van der Waals surface area (Å²) in [5, 5.41) is 6.34. The maximum absolute atomic E-state index is 13.1. The number of nitrogens with zero attached hydrogens (tertiary/aromatic N) is 3. The van der Waals surface area contributed by atoms with E-state index in [-0.39, 0.29) is 5.56 Å². The van der Waals surface area contributed by atoms with Crippen LogP contribution in [0.3, 0.4) is 0 Å². The molecule has 0 aliphatic carbocycles. The van der Waals surface area contributed by atoms with Gasteiger partial charge in [-0.15, -0.1) is 5.10 Å². The number of hydrogen-bond donors (Lipinski definition) is 0. The number of benzene rings is 3. The van der Waals surface area contributed by atoms with Crippen molar-refractivity contribution in [2.75, 3.05) is 6.61 Å². The number of carbonyl (C=O) groups excluding carboxylic acids is 1. The molecule has 182 valence electrons. The Hall–Kier alpha value is -4.04. The number of ether oxygens (including phenoxy) is 2. The molecule has 0 spiro atoms. The normalized spacial score (nSPS) is 11.9. The van der Waals surface area contributed by atoms with Crippen molar-refractivity contribution in [3.05, 3.63) is 81.1 Å². The van der Waals surface area contributed by atoms with Gasteiger partial charge in [0.25, 0.3) is 5.56 Å². The maximum Gasteiger partial charge on any atom is 0.308 e. The van der Waals surface area contributed by atoms with Crippen LogP contribution in [0.1, 0.15) is 38.7 Å². The Morgan fingerprint density at radius 3 is 2.50 bits per heavy atom. The zero-order chi connectivity index (χ0) is 25.1. The minimum atomic E-state index is -0.439. The fourth-order valence-electron chi connectivity index (χ4n) is 3.93. The molecule has 5 aromatic rings. The maximum atomic E-state index is 13.1. The van der Waals surface area contributed by atoms with Crippen molar-refractivity contribution < 1.29 is 14.3 Å². The van der Waals surface area contributed by atoms with Crippen LogP contribution >= 0.6 is 11.3 Å². The molecule has 2 heterocycles. The summed E-state index contributed by atoms with van der Waals surface area (Å²) in [6.07, 6.45) is 5.17. The van der Waals surface area contributed by atoms with Crippen LogP contribution in [0.15, 0.2) is 65.5 Å². The minimum absolute atomic E-state index is 0.247. The second kappa shape index (κ2) is 10.3. The molecule has 0 aliphatic rings. The summed E-state index contributed by atoms with van der Waals surface area (Å²) in [5.74, 6) is 1.07. The lowest BCUT2D eigenvalue weighted by molar-refractivity contribution is -0.131. The highest BCUT2D eigenvalue weighted by Gasteiger charge is 2.17. The zero-order valence-electron chi connectivity index (χ0n) is 20.1. The molecule has 0 bridgehead atoms. The first-order chi connectivity index (χ1) is 17.5. The summed E-state index contributed by atoms with van der Waals surface area (Å²) >= 11 is 1.26. The Balaban J connectivity index is 1.46. The van der Waals surface area contributed by atoms with Crippen LogP contribution < -0.4 is 19.6 Å². The standard InChI is InChI=1S/C28H25N3O4S/c1-3-4-7-14-34-22-12-10-19(11-13-22)15-25-27(33)31-28(36-25)29-26(30-31)23-16-20-8-5-6-9-21(20)17-24(23)35-18(2)32/h5-6,8-13,15-17H,3-4,7,14H2,1-2H3/b25-15-. The van der Waals surface area contributed by atoms with Crippen molar-refractivity contribution in [2.45, 2.75) is 33.1 Å². The largest absolute Gasteiger partial charge is 0.494 e. The van der Waals surface area contributed by atoms with Crippen LogP contribution in [-0.4, -0.2) is 27.2 Å². The molecule has 0 saturated heterocycles. The first kappa shape index (κ1) is 23.7. The number of thiazole rings is 1. The number of carbonyl (C=O) groups is 1. The molecule has 0 fully saturated rings. The van der Waals surface area contributed by atoms with Gasteiger partial charge in [-0.05, 0) is 53.1 Å². The first-order valence-electron chi connectivity index (χ1n) is 11.9. The van der Waals surface area contributed by atoms with E-state index >= 15 is 0 Å². The number of unbranched alkanes of at least 4 members (excludes halogenated alkanes) is 2. The van der Waals surface area contributed by atoms with E-state index in [1.165, 1.54) is 22.8 Å². The van der Waals surface area contributed by atoms with Gasteiger partial charge in [0.05, 0.1) is 16.7 Å². The fraction of sp³-hybridized carbons (Fsp3) is 0.214. The van der Waals surface area contributed by atoms with E-state index in [2.05, 4.69) is 17.0 Å². The molecular formula is C28H25N3O4S. The smallest absolute Gasteiger partial charge is 0.308 e. The second-order valence-electron chi connectivity index (χ2n) is 8.46. The molecule has 0 unspecified atom stereocenters. The molecule has 0 saturated carbocycles.